The van der Waals surface area contributed by atoms with Gasteiger partial charge in [-0.15, -0.1) is 0 Å². The molecule has 0 aromatic heterocycles. The topological polar surface area (TPSA) is 62.0 Å². The van der Waals surface area contributed by atoms with Crippen molar-refractivity contribution in [1.29, 1.82) is 0 Å². The van der Waals surface area contributed by atoms with Gasteiger partial charge < -0.3 is 5.11 Å². The van der Waals surface area contributed by atoms with Crippen LogP contribution in [0.5, 0.6) is 5.75 Å². The number of hydrogen-bond acceptors (Lipinski definition) is 4. The maximum absolute atomic E-state index is 10.7. The SMILES string of the molecule is Cc1ccccc1N=Nc1ccc(O)c(C=O)c1. The average molecular weight is 240 g/mol. The molecule has 0 spiro atoms. The molecule has 0 saturated carbocycles. The Morgan fingerprint density at radius 1 is 1.11 bits per heavy atom. The van der Waals surface area contributed by atoms with E-state index in [0.717, 1.165) is 11.3 Å². The molecule has 18 heavy (non-hydrogen) atoms. The van der Waals surface area contributed by atoms with E-state index in [2.05, 4.69) is 10.2 Å². The van der Waals surface area contributed by atoms with Crippen molar-refractivity contribution in [3.05, 3.63) is 53.6 Å². The highest BCUT2D eigenvalue weighted by Crippen LogP contribution is 2.25. The van der Waals surface area contributed by atoms with E-state index < -0.39 is 0 Å². The Morgan fingerprint density at radius 3 is 2.61 bits per heavy atom. The van der Waals surface area contributed by atoms with Gasteiger partial charge in [0.25, 0.3) is 0 Å². The number of phenols is 1. The van der Waals surface area contributed by atoms with Gasteiger partial charge in [0, 0.05) is 0 Å². The number of carbonyl (C=O) groups is 1. The van der Waals surface area contributed by atoms with E-state index in [1.807, 2.05) is 31.2 Å². The minimum absolute atomic E-state index is 0.0557. The van der Waals surface area contributed by atoms with Crippen molar-refractivity contribution in [2.75, 3.05) is 0 Å². The van der Waals surface area contributed by atoms with Crippen LogP contribution in [0.15, 0.2) is 52.7 Å². The molecule has 4 nitrogen and oxygen atoms in total. The number of azo groups is 1. The molecule has 0 heterocycles. The summed E-state index contributed by atoms with van der Waals surface area (Å²) >= 11 is 0. The van der Waals surface area contributed by atoms with Crippen LogP contribution < -0.4 is 0 Å². The van der Waals surface area contributed by atoms with E-state index >= 15 is 0 Å². The Labute approximate surface area is 105 Å². The molecule has 0 saturated heterocycles. The van der Waals surface area contributed by atoms with Crippen LogP contribution >= 0.6 is 0 Å². The second-order valence-electron chi connectivity index (χ2n) is 3.85. The molecular weight excluding hydrogens is 228 g/mol. The number of phenolic OH excluding ortho intramolecular Hbond substituents is 1. The van der Waals surface area contributed by atoms with Crippen molar-refractivity contribution in [2.24, 2.45) is 10.2 Å². The molecular formula is C14H12N2O2. The van der Waals surface area contributed by atoms with Crippen molar-refractivity contribution >= 4 is 17.7 Å². The van der Waals surface area contributed by atoms with Crippen LogP contribution in [0.3, 0.4) is 0 Å². The molecule has 2 aromatic rings. The van der Waals surface area contributed by atoms with Gasteiger partial charge in [0.2, 0.25) is 0 Å². The summed E-state index contributed by atoms with van der Waals surface area (Å²) in [7, 11) is 0. The smallest absolute Gasteiger partial charge is 0.153 e. The van der Waals surface area contributed by atoms with Gasteiger partial charge in [-0.2, -0.15) is 10.2 Å². The maximum atomic E-state index is 10.7. The number of aromatic hydroxyl groups is 1. The molecule has 0 amide bonds. The summed E-state index contributed by atoms with van der Waals surface area (Å²) < 4.78 is 0. The summed E-state index contributed by atoms with van der Waals surface area (Å²) in [5, 5.41) is 17.5. The highest BCUT2D eigenvalue weighted by atomic mass is 16.3. The first-order chi connectivity index (χ1) is 8.70. The Hall–Kier alpha value is -2.49. The third-order valence-corrected chi connectivity index (χ3v) is 2.53. The van der Waals surface area contributed by atoms with Crippen LogP contribution in [0.25, 0.3) is 0 Å². The van der Waals surface area contributed by atoms with Gasteiger partial charge in [-0.3, -0.25) is 4.79 Å². The molecule has 0 aliphatic rings. The molecule has 2 aromatic carbocycles. The summed E-state index contributed by atoms with van der Waals surface area (Å²) in [6.45, 7) is 1.95. The van der Waals surface area contributed by atoms with Crippen molar-refractivity contribution in [2.45, 2.75) is 6.92 Å². The minimum atomic E-state index is -0.0557. The summed E-state index contributed by atoms with van der Waals surface area (Å²) in [6.07, 6.45) is 0.585. The number of carbonyl (C=O) groups excluding carboxylic acids is 1. The molecule has 1 N–H and O–H groups in total. The maximum Gasteiger partial charge on any atom is 0.153 e. The summed E-state index contributed by atoms with van der Waals surface area (Å²) in [5.41, 5.74) is 2.53. The highest BCUT2D eigenvalue weighted by Gasteiger charge is 2.01. The molecule has 2 rings (SSSR count). The fourth-order valence-corrected chi connectivity index (χ4v) is 1.49. The van der Waals surface area contributed by atoms with Gasteiger partial charge in [0.1, 0.15) is 5.75 Å². The monoisotopic (exact) mass is 240 g/mol. The summed E-state index contributed by atoms with van der Waals surface area (Å²) in [4.78, 5) is 10.7. The molecule has 0 aliphatic carbocycles. The van der Waals surface area contributed by atoms with Crippen LogP contribution in [0.1, 0.15) is 15.9 Å². The van der Waals surface area contributed by atoms with Gasteiger partial charge in [0.05, 0.1) is 16.9 Å². The van der Waals surface area contributed by atoms with E-state index in [1.54, 1.807) is 6.07 Å². The fourth-order valence-electron chi connectivity index (χ4n) is 1.49. The van der Waals surface area contributed by atoms with Gasteiger partial charge in [-0.05, 0) is 36.8 Å². The standard InChI is InChI=1S/C14H12N2O2/c1-10-4-2-3-5-13(10)16-15-12-6-7-14(18)11(8-12)9-17/h2-9,18H,1H3. The second kappa shape index (κ2) is 5.23. The van der Waals surface area contributed by atoms with E-state index in [0.29, 0.717) is 12.0 Å². The zero-order valence-corrected chi connectivity index (χ0v) is 9.87. The summed E-state index contributed by atoms with van der Waals surface area (Å²) in [6, 6.07) is 12.1. The van der Waals surface area contributed by atoms with E-state index in [4.69, 9.17) is 0 Å². The summed E-state index contributed by atoms with van der Waals surface area (Å²) in [5.74, 6) is -0.0557. The molecule has 0 atom stereocenters. The van der Waals surface area contributed by atoms with Gasteiger partial charge >= 0.3 is 0 Å². The lowest BCUT2D eigenvalue weighted by atomic mass is 10.2. The molecule has 0 aliphatic heterocycles. The number of aryl methyl sites for hydroxylation is 1. The van der Waals surface area contributed by atoms with E-state index in [-0.39, 0.29) is 11.3 Å². The first-order valence-corrected chi connectivity index (χ1v) is 5.46. The normalized spacial score (nSPS) is 10.7. The Balaban J connectivity index is 2.29. The van der Waals surface area contributed by atoms with Crippen LogP contribution in [0, 0.1) is 6.92 Å². The lowest BCUT2D eigenvalue weighted by molar-refractivity contribution is 0.112. The zero-order valence-electron chi connectivity index (χ0n) is 9.87. The lowest BCUT2D eigenvalue weighted by Crippen LogP contribution is -1.79. The van der Waals surface area contributed by atoms with E-state index in [9.17, 15) is 9.90 Å². The predicted octanol–water partition coefficient (Wildman–Crippen LogP) is 3.93. The highest BCUT2D eigenvalue weighted by molar-refractivity contribution is 5.80. The van der Waals surface area contributed by atoms with E-state index in [1.165, 1.54) is 12.1 Å². The van der Waals surface area contributed by atoms with Gasteiger partial charge in [-0.25, -0.2) is 0 Å². The lowest BCUT2D eigenvalue weighted by Gasteiger charge is -1.99. The zero-order chi connectivity index (χ0) is 13.0. The molecule has 90 valence electrons. The molecule has 4 heteroatoms. The molecule has 0 unspecified atom stereocenters. The number of nitrogens with zero attached hydrogens (tertiary/aromatic N) is 2. The van der Waals surface area contributed by atoms with Gasteiger partial charge in [0.15, 0.2) is 6.29 Å². The minimum Gasteiger partial charge on any atom is -0.507 e. The average Bonchev–Trinajstić information content (AvgIpc) is 2.39. The quantitative estimate of drug-likeness (QED) is 0.652. The number of aldehydes is 1. The first kappa shape index (κ1) is 12.0. The Morgan fingerprint density at radius 2 is 1.89 bits per heavy atom. The molecule has 0 fully saturated rings. The van der Waals surface area contributed by atoms with Crippen LogP contribution in [-0.2, 0) is 0 Å². The van der Waals surface area contributed by atoms with Crippen molar-refractivity contribution in [3.8, 4) is 5.75 Å². The second-order valence-corrected chi connectivity index (χ2v) is 3.85. The van der Waals surface area contributed by atoms with Crippen LogP contribution in [0.4, 0.5) is 11.4 Å². The third-order valence-electron chi connectivity index (χ3n) is 2.53. The fraction of sp³-hybridized carbons (Fsp3) is 0.0714. The third kappa shape index (κ3) is 2.60. The number of benzene rings is 2. The Bertz CT molecular complexity index is 606. The molecule has 0 bridgehead atoms. The first-order valence-electron chi connectivity index (χ1n) is 5.46. The number of hydrogen-bond donors (Lipinski definition) is 1. The van der Waals surface area contributed by atoms with Crippen LogP contribution in [-0.4, -0.2) is 11.4 Å². The predicted molar refractivity (Wildman–Crippen MR) is 68.8 cm³/mol. The van der Waals surface area contributed by atoms with Crippen molar-refractivity contribution in [3.63, 3.8) is 0 Å². The van der Waals surface area contributed by atoms with Crippen LogP contribution in [0.2, 0.25) is 0 Å². The van der Waals surface area contributed by atoms with Crippen molar-refractivity contribution < 1.29 is 9.90 Å². The van der Waals surface area contributed by atoms with Gasteiger partial charge in [-0.1, -0.05) is 18.2 Å². The molecule has 0 radical (unpaired) electrons. The number of rotatable bonds is 3. The Kier molecular flexibility index (Phi) is 3.48. The largest absolute Gasteiger partial charge is 0.507 e. The van der Waals surface area contributed by atoms with Crippen molar-refractivity contribution in [1.82, 2.24) is 0 Å².